The molecule has 0 rings (SSSR count). The number of carbonyl (C=O) groups is 4. The molecule has 0 aliphatic rings. The molecule has 0 aromatic rings. The van der Waals surface area contributed by atoms with Crippen LogP contribution in [0, 0.1) is 0 Å². The molecule has 156 valence electrons. The van der Waals surface area contributed by atoms with Gasteiger partial charge in [-0.25, -0.2) is 14.4 Å². The molecule has 9 heteroatoms. The van der Waals surface area contributed by atoms with Gasteiger partial charge in [0.25, 0.3) is 0 Å². The second-order valence-electron chi connectivity index (χ2n) is 5.97. The van der Waals surface area contributed by atoms with E-state index >= 15 is 0 Å². The third-order valence-electron chi connectivity index (χ3n) is 3.38. The maximum absolute atomic E-state index is 11.7. The van der Waals surface area contributed by atoms with Crippen molar-refractivity contribution >= 4 is 23.9 Å². The molecule has 0 saturated heterocycles. The van der Waals surface area contributed by atoms with Gasteiger partial charge < -0.3 is 24.1 Å². The lowest BCUT2D eigenvalue weighted by Gasteiger charge is -2.16. The minimum absolute atomic E-state index is 0.207. The fourth-order valence-corrected chi connectivity index (χ4v) is 1.70. The first-order valence-electron chi connectivity index (χ1n) is 9.14. The van der Waals surface area contributed by atoms with E-state index in [1.807, 2.05) is 13.8 Å². The molecular weight excluding hydrogens is 360 g/mol. The molecule has 0 aliphatic heterocycles. The Balaban J connectivity index is 4.27. The molecule has 0 bridgehead atoms. The highest BCUT2D eigenvalue weighted by atomic mass is 16.6. The average molecular weight is 390 g/mol. The van der Waals surface area contributed by atoms with E-state index in [1.165, 1.54) is 13.8 Å². The summed E-state index contributed by atoms with van der Waals surface area (Å²) in [5.41, 5.74) is 0. The zero-order valence-corrected chi connectivity index (χ0v) is 16.4. The molecule has 3 atom stereocenters. The van der Waals surface area contributed by atoms with Gasteiger partial charge in [-0.05, 0) is 26.7 Å². The van der Waals surface area contributed by atoms with Crippen LogP contribution in [0.1, 0.15) is 59.8 Å². The molecule has 1 N–H and O–H groups in total. The van der Waals surface area contributed by atoms with Gasteiger partial charge >= 0.3 is 23.9 Å². The minimum atomic E-state index is -1.83. The summed E-state index contributed by atoms with van der Waals surface area (Å²) in [7, 11) is 0. The standard InChI is InChI=1S/C18H30O9/c1-5-7-9-24-16(21)12(3)26-15(20)11-14(19)18(23)27-13(4)17(22)25-10-8-6-2/h12-14,19H,5-11H2,1-4H3. The Morgan fingerprint density at radius 2 is 1.22 bits per heavy atom. The van der Waals surface area contributed by atoms with E-state index in [9.17, 15) is 24.3 Å². The summed E-state index contributed by atoms with van der Waals surface area (Å²) in [5.74, 6) is -3.59. The van der Waals surface area contributed by atoms with Gasteiger partial charge in [0, 0.05) is 0 Å². The van der Waals surface area contributed by atoms with Crippen LogP contribution in [0.25, 0.3) is 0 Å². The molecule has 0 radical (unpaired) electrons. The molecule has 27 heavy (non-hydrogen) atoms. The van der Waals surface area contributed by atoms with Gasteiger partial charge in [0.2, 0.25) is 0 Å². The molecule has 0 amide bonds. The van der Waals surface area contributed by atoms with Crippen molar-refractivity contribution in [1.82, 2.24) is 0 Å². The van der Waals surface area contributed by atoms with Crippen LogP contribution in [0.3, 0.4) is 0 Å². The molecular formula is C18H30O9. The van der Waals surface area contributed by atoms with Crippen molar-refractivity contribution < 1.29 is 43.2 Å². The van der Waals surface area contributed by atoms with Gasteiger partial charge in [0.15, 0.2) is 18.3 Å². The van der Waals surface area contributed by atoms with E-state index in [0.717, 1.165) is 12.8 Å². The van der Waals surface area contributed by atoms with Crippen molar-refractivity contribution in [2.24, 2.45) is 0 Å². The highest BCUT2D eigenvalue weighted by molar-refractivity contribution is 5.85. The van der Waals surface area contributed by atoms with E-state index in [-0.39, 0.29) is 13.2 Å². The fourth-order valence-electron chi connectivity index (χ4n) is 1.70. The minimum Gasteiger partial charge on any atom is -0.463 e. The van der Waals surface area contributed by atoms with Gasteiger partial charge in [-0.2, -0.15) is 0 Å². The fraction of sp³-hybridized carbons (Fsp3) is 0.778. The van der Waals surface area contributed by atoms with Crippen LogP contribution in [0.15, 0.2) is 0 Å². The van der Waals surface area contributed by atoms with Crippen LogP contribution in [-0.2, 0) is 38.1 Å². The summed E-state index contributed by atoms with van der Waals surface area (Å²) in [5, 5.41) is 9.71. The van der Waals surface area contributed by atoms with Crippen molar-refractivity contribution in [2.45, 2.75) is 78.1 Å². The van der Waals surface area contributed by atoms with Crippen LogP contribution in [-0.4, -0.2) is 60.5 Å². The van der Waals surface area contributed by atoms with Gasteiger partial charge in [-0.3, -0.25) is 4.79 Å². The van der Waals surface area contributed by atoms with Crippen molar-refractivity contribution in [3.63, 3.8) is 0 Å². The van der Waals surface area contributed by atoms with Crippen molar-refractivity contribution in [3.8, 4) is 0 Å². The summed E-state index contributed by atoms with van der Waals surface area (Å²) >= 11 is 0. The summed E-state index contributed by atoms with van der Waals surface area (Å²) in [6.45, 7) is 6.91. The van der Waals surface area contributed by atoms with Crippen LogP contribution in [0.2, 0.25) is 0 Å². The Morgan fingerprint density at radius 1 is 0.778 bits per heavy atom. The van der Waals surface area contributed by atoms with Gasteiger partial charge in [-0.15, -0.1) is 0 Å². The van der Waals surface area contributed by atoms with Crippen LogP contribution >= 0.6 is 0 Å². The molecule has 0 saturated carbocycles. The number of esters is 4. The second kappa shape index (κ2) is 14.0. The molecule has 0 fully saturated rings. The van der Waals surface area contributed by atoms with Gasteiger partial charge in [0.05, 0.1) is 19.6 Å². The summed E-state index contributed by atoms with van der Waals surface area (Å²) in [6.07, 6.45) is -1.86. The van der Waals surface area contributed by atoms with E-state index in [4.69, 9.17) is 18.9 Å². The van der Waals surface area contributed by atoms with Crippen molar-refractivity contribution in [1.29, 1.82) is 0 Å². The molecule has 0 heterocycles. The number of rotatable bonds is 13. The lowest BCUT2D eigenvalue weighted by Crippen LogP contribution is -2.34. The van der Waals surface area contributed by atoms with Crippen LogP contribution in [0.4, 0.5) is 0 Å². The number of unbranched alkanes of at least 4 members (excludes halogenated alkanes) is 2. The summed E-state index contributed by atoms with van der Waals surface area (Å²) in [4.78, 5) is 46.6. The first kappa shape index (κ1) is 24.8. The SMILES string of the molecule is CCCCOC(=O)C(C)OC(=O)CC(O)C(=O)OC(C)C(=O)OCCCC. The number of hydrogen-bond acceptors (Lipinski definition) is 9. The summed E-state index contributed by atoms with van der Waals surface area (Å²) < 4.78 is 19.3. The van der Waals surface area contributed by atoms with E-state index < -0.39 is 48.6 Å². The zero-order valence-electron chi connectivity index (χ0n) is 16.4. The van der Waals surface area contributed by atoms with Gasteiger partial charge in [0.1, 0.15) is 0 Å². The number of aliphatic hydroxyl groups excluding tert-OH is 1. The first-order chi connectivity index (χ1) is 12.7. The van der Waals surface area contributed by atoms with Crippen molar-refractivity contribution in [3.05, 3.63) is 0 Å². The zero-order chi connectivity index (χ0) is 20.8. The molecule has 0 aromatic carbocycles. The smallest absolute Gasteiger partial charge is 0.347 e. The maximum atomic E-state index is 11.7. The predicted octanol–water partition coefficient (Wildman–Crippen LogP) is 1.29. The predicted molar refractivity (Wildman–Crippen MR) is 93.5 cm³/mol. The topological polar surface area (TPSA) is 125 Å². The Kier molecular flexibility index (Phi) is 12.8. The monoisotopic (exact) mass is 390 g/mol. The van der Waals surface area contributed by atoms with E-state index in [1.54, 1.807) is 0 Å². The number of hydrogen-bond donors (Lipinski definition) is 1. The number of ether oxygens (including phenoxy) is 4. The highest BCUT2D eigenvalue weighted by Crippen LogP contribution is 2.06. The molecule has 3 unspecified atom stereocenters. The Bertz CT molecular complexity index is 489. The van der Waals surface area contributed by atoms with Crippen LogP contribution < -0.4 is 0 Å². The lowest BCUT2D eigenvalue weighted by atomic mass is 10.2. The Morgan fingerprint density at radius 3 is 1.67 bits per heavy atom. The largest absolute Gasteiger partial charge is 0.463 e. The van der Waals surface area contributed by atoms with E-state index in [2.05, 4.69) is 0 Å². The normalized spacial score (nSPS) is 13.8. The third-order valence-corrected chi connectivity index (χ3v) is 3.38. The molecule has 0 aliphatic carbocycles. The Hall–Kier alpha value is -2.16. The molecule has 9 nitrogen and oxygen atoms in total. The quantitative estimate of drug-likeness (QED) is 0.281. The van der Waals surface area contributed by atoms with Crippen molar-refractivity contribution in [2.75, 3.05) is 13.2 Å². The highest BCUT2D eigenvalue weighted by Gasteiger charge is 2.28. The number of aliphatic hydroxyl groups is 1. The maximum Gasteiger partial charge on any atom is 0.347 e. The third kappa shape index (κ3) is 11.2. The second-order valence-corrected chi connectivity index (χ2v) is 5.97. The molecule has 0 aromatic heterocycles. The number of carbonyl (C=O) groups excluding carboxylic acids is 4. The Labute approximate surface area is 159 Å². The van der Waals surface area contributed by atoms with Gasteiger partial charge in [-0.1, -0.05) is 26.7 Å². The average Bonchev–Trinajstić information content (AvgIpc) is 2.61. The molecule has 0 spiro atoms. The van der Waals surface area contributed by atoms with Crippen LogP contribution in [0.5, 0.6) is 0 Å². The first-order valence-corrected chi connectivity index (χ1v) is 9.14. The van der Waals surface area contributed by atoms with E-state index in [0.29, 0.717) is 12.8 Å². The summed E-state index contributed by atoms with van der Waals surface area (Å²) in [6, 6.07) is 0. The lowest BCUT2D eigenvalue weighted by molar-refractivity contribution is -0.175.